The van der Waals surface area contributed by atoms with Crippen molar-refractivity contribution in [2.75, 3.05) is 18.7 Å². The number of alkyl halides is 3. The van der Waals surface area contributed by atoms with E-state index in [0.29, 0.717) is 17.2 Å². The third kappa shape index (κ3) is 5.50. The summed E-state index contributed by atoms with van der Waals surface area (Å²) in [4.78, 5) is 27.9. The summed E-state index contributed by atoms with van der Waals surface area (Å²) in [5.41, 5.74) is 0.377. The minimum Gasteiger partial charge on any atom is -0.468 e. The Morgan fingerprint density at radius 2 is 1.97 bits per heavy atom. The van der Waals surface area contributed by atoms with Crippen molar-refractivity contribution in [2.24, 2.45) is 0 Å². The first-order valence-corrected chi connectivity index (χ1v) is 8.28. The SMILES string of the molecule is C[C@@H](OC(=O)c1ccc(OCC(F)(F)F)nc1)C(=O)Nc1ccc2c(c1)OCO2. The van der Waals surface area contributed by atoms with Crippen LogP contribution in [0.3, 0.4) is 0 Å². The van der Waals surface area contributed by atoms with Gasteiger partial charge in [-0.1, -0.05) is 0 Å². The smallest absolute Gasteiger partial charge is 0.422 e. The number of fused-ring (bicyclic) bond motifs is 1. The van der Waals surface area contributed by atoms with E-state index in [-0.39, 0.29) is 18.2 Å². The molecule has 0 fully saturated rings. The van der Waals surface area contributed by atoms with E-state index in [1.807, 2.05) is 0 Å². The van der Waals surface area contributed by atoms with Crippen molar-refractivity contribution in [1.29, 1.82) is 0 Å². The molecule has 0 bridgehead atoms. The summed E-state index contributed by atoms with van der Waals surface area (Å²) in [6.07, 6.45) is -4.65. The summed E-state index contributed by atoms with van der Waals surface area (Å²) in [6.45, 7) is -0.0376. The number of ether oxygens (including phenoxy) is 4. The van der Waals surface area contributed by atoms with Crippen molar-refractivity contribution < 1.29 is 41.7 Å². The van der Waals surface area contributed by atoms with E-state index in [2.05, 4.69) is 15.0 Å². The van der Waals surface area contributed by atoms with Gasteiger partial charge in [0.25, 0.3) is 5.91 Å². The molecule has 8 nitrogen and oxygen atoms in total. The number of hydrogen-bond donors (Lipinski definition) is 1. The van der Waals surface area contributed by atoms with E-state index in [9.17, 15) is 22.8 Å². The standard InChI is InChI=1S/C18H15F3N2O6/c1-10(16(24)23-12-3-4-13-14(6-12)28-9-27-13)29-17(25)11-2-5-15(22-7-11)26-8-18(19,20)21/h2-7,10H,8-9H2,1H3,(H,23,24)/t10-/m1/s1. The Balaban J connectivity index is 1.53. The lowest BCUT2D eigenvalue weighted by Crippen LogP contribution is -2.30. The molecule has 1 N–H and O–H groups in total. The van der Waals surface area contributed by atoms with Crippen molar-refractivity contribution in [2.45, 2.75) is 19.2 Å². The number of anilines is 1. The van der Waals surface area contributed by atoms with Gasteiger partial charge in [0.15, 0.2) is 24.2 Å². The molecule has 1 aromatic carbocycles. The van der Waals surface area contributed by atoms with Gasteiger partial charge in [0.05, 0.1) is 5.56 Å². The third-order valence-electron chi connectivity index (χ3n) is 3.65. The van der Waals surface area contributed by atoms with E-state index in [4.69, 9.17) is 14.2 Å². The van der Waals surface area contributed by atoms with Gasteiger partial charge in [0, 0.05) is 24.0 Å². The maximum absolute atomic E-state index is 12.2. The fourth-order valence-electron chi connectivity index (χ4n) is 2.24. The second-order valence-electron chi connectivity index (χ2n) is 5.89. The predicted molar refractivity (Wildman–Crippen MR) is 91.9 cm³/mol. The molecule has 0 saturated carbocycles. The number of aromatic nitrogens is 1. The monoisotopic (exact) mass is 412 g/mol. The maximum atomic E-state index is 12.2. The number of nitrogens with zero attached hydrogens (tertiary/aromatic N) is 1. The quantitative estimate of drug-likeness (QED) is 0.729. The molecule has 29 heavy (non-hydrogen) atoms. The summed E-state index contributed by atoms with van der Waals surface area (Å²) in [7, 11) is 0. The number of pyridine rings is 1. The Hall–Kier alpha value is -3.50. The molecule has 0 radical (unpaired) electrons. The van der Waals surface area contributed by atoms with Crippen LogP contribution in [-0.2, 0) is 9.53 Å². The van der Waals surface area contributed by atoms with Crippen molar-refractivity contribution in [3.8, 4) is 17.4 Å². The molecule has 0 spiro atoms. The van der Waals surface area contributed by atoms with Crippen LogP contribution in [-0.4, -0.2) is 42.5 Å². The zero-order valence-electron chi connectivity index (χ0n) is 15.0. The number of carbonyl (C=O) groups is 2. The van der Waals surface area contributed by atoms with Crippen molar-refractivity contribution in [3.63, 3.8) is 0 Å². The zero-order chi connectivity index (χ0) is 21.0. The summed E-state index contributed by atoms with van der Waals surface area (Å²) >= 11 is 0. The number of rotatable bonds is 6. The van der Waals surface area contributed by atoms with Gasteiger partial charge in [-0.3, -0.25) is 4.79 Å². The van der Waals surface area contributed by atoms with Crippen molar-refractivity contribution in [1.82, 2.24) is 4.98 Å². The average Bonchev–Trinajstić information content (AvgIpc) is 3.14. The molecule has 3 rings (SSSR count). The Kier molecular flexibility index (Phi) is 5.76. The summed E-state index contributed by atoms with van der Waals surface area (Å²) < 4.78 is 56.2. The van der Waals surface area contributed by atoms with E-state index < -0.39 is 30.8 Å². The molecule has 1 aliphatic heterocycles. The van der Waals surface area contributed by atoms with Crippen molar-refractivity contribution in [3.05, 3.63) is 42.1 Å². The van der Waals surface area contributed by atoms with Crippen LogP contribution in [0.25, 0.3) is 0 Å². The Morgan fingerprint density at radius 3 is 2.66 bits per heavy atom. The second kappa shape index (κ2) is 8.25. The Morgan fingerprint density at radius 1 is 1.21 bits per heavy atom. The molecule has 1 aliphatic rings. The summed E-state index contributed by atoms with van der Waals surface area (Å²) in [5, 5.41) is 2.57. The molecule has 154 valence electrons. The lowest BCUT2D eigenvalue weighted by molar-refractivity contribution is -0.154. The highest BCUT2D eigenvalue weighted by Crippen LogP contribution is 2.34. The second-order valence-corrected chi connectivity index (χ2v) is 5.89. The van der Waals surface area contributed by atoms with Crippen LogP contribution in [0.4, 0.5) is 18.9 Å². The molecule has 0 aliphatic carbocycles. The van der Waals surface area contributed by atoms with Gasteiger partial charge in [-0.05, 0) is 25.1 Å². The van der Waals surface area contributed by atoms with Crippen LogP contribution in [0.2, 0.25) is 0 Å². The fourth-order valence-corrected chi connectivity index (χ4v) is 2.24. The molecular weight excluding hydrogens is 397 g/mol. The number of hydrogen-bond acceptors (Lipinski definition) is 7. The summed E-state index contributed by atoms with van der Waals surface area (Å²) in [6, 6.07) is 7.08. The maximum Gasteiger partial charge on any atom is 0.422 e. The zero-order valence-corrected chi connectivity index (χ0v) is 15.0. The highest BCUT2D eigenvalue weighted by molar-refractivity contribution is 5.97. The Labute approximate surface area is 162 Å². The average molecular weight is 412 g/mol. The van der Waals surface area contributed by atoms with Gasteiger partial charge in [-0.2, -0.15) is 13.2 Å². The largest absolute Gasteiger partial charge is 0.468 e. The lowest BCUT2D eigenvalue weighted by atomic mass is 10.2. The molecule has 2 heterocycles. The molecule has 0 unspecified atom stereocenters. The molecule has 1 aromatic heterocycles. The Bertz CT molecular complexity index is 901. The number of halogens is 3. The normalized spacial score (nSPS) is 13.5. The molecule has 11 heteroatoms. The lowest BCUT2D eigenvalue weighted by Gasteiger charge is -2.14. The van der Waals surface area contributed by atoms with Gasteiger partial charge >= 0.3 is 12.1 Å². The first kappa shape index (κ1) is 20.2. The van der Waals surface area contributed by atoms with Crippen LogP contribution in [0.1, 0.15) is 17.3 Å². The van der Waals surface area contributed by atoms with Gasteiger partial charge in [-0.25, -0.2) is 9.78 Å². The highest BCUT2D eigenvalue weighted by atomic mass is 19.4. The molecule has 1 atom stereocenters. The number of benzene rings is 1. The van der Waals surface area contributed by atoms with Gasteiger partial charge < -0.3 is 24.3 Å². The van der Waals surface area contributed by atoms with E-state index in [0.717, 1.165) is 12.3 Å². The van der Waals surface area contributed by atoms with Crippen LogP contribution >= 0.6 is 0 Å². The van der Waals surface area contributed by atoms with Gasteiger partial charge in [0.1, 0.15) is 0 Å². The number of carbonyl (C=O) groups excluding carboxylic acids is 2. The fraction of sp³-hybridized carbons (Fsp3) is 0.278. The number of nitrogens with one attached hydrogen (secondary N) is 1. The topological polar surface area (TPSA) is 96.0 Å². The molecule has 1 amide bonds. The number of amides is 1. The van der Waals surface area contributed by atoms with Gasteiger partial charge in [-0.15, -0.1) is 0 Å². The first-order chi connectivity index (χ1) is 13.7. The van der Waals surface area contributed by atoms with E-state index in [1.54, 1.807) is 18.2 Å². The van der Waals surface area contributed by atoms with Crippen molar-refractivity contribution >= 4 is 17.6 Å². The first-order valence-electron chi connectivity index (χ1n) is 8.28. The minimum absolute atomic E-state index is 0.0490. The van der Waals surface area contributed by atoms with Crippen LogP contribution < -0.4 is 19.5 Å². The van der Waals surface area contributed by atoms with Crippen LogP contribution in [0, 0.1) is 0 Å². The summed E-state index contributed by atoms with van der Waals surface area (Å²) in [5.74, 6) is -0.722. The predicted octanol–water partition coefficient (Wildman–Crippen LogP) is 2.94. The van der Waals surface area contributed by atoms with Gasteiger partial charge in [0.2, 0.25) is 12.7 Å². The van der Waals surface area contributed by atoms with E-state index >= 15 is 0 Å². The molecule has 0 saturated heterocycles. The molecular formula is C18H15F3N2O6. The third-order valence-corrected chi connectivity index (χ3v) is 3.65. The number of esters is 1. The minimum atomic E-state index is -4.50. The van der Waals surface area contributed by atoms with Crippen LogP contribution in [0.5, 0.6) is 17.4 Å². The highest BCUT2D eigenvalue weighted by Gasteiger charge is 2.28. The van der Waals surface area contributed by atoms with E-state index in [1.165, 1.54) is 13.0 Å². The van der Waals surface area contributed by atoms with Crippen LogP contribution in [0.15, 0.2) is 36.5 Å². The molecule has 2 aromatic rings.